The first-order valence-corrected chi connectivity index (χ1v) is 7.50. The highest BCUT2D eigenvalue weighted by molar-refractivity contribution is 14.1. The van der Waals surface area contributed by atoms with E-state index in [9.17, 15) is 4.79 Å². The number of amides is 1. The molecule has 1 amide bonds. The summed E-state index contributed by atoms with van der Waals surface area (Å²) in [6.07, 6.45) is 3.16. The van der Waals surface area contributed by atoms with E-state index in [-0.39, 0.29) is 0 Å². The van der Waals surface area contributed by atoms with Crippen LogP contribution in [0.1, 0.15) is 25.7 Å². The van der Waals surface area contributed by atoms with Gasteiger partial charge in [-0.2, -0.15) is 0 Å². The van der Waals surface area contributed by atoms with Crippen molar-refractivity contribution in [3.05, 3.63) is 27.8 Å². The van der Waals surface area contributed by atoms with E-state index < -0.39 is 6.09 Å². The molecule has 0 heterocycles. The topological polar surface area (TPSA) is 49.8 Å². The molecule has 106 valence electrons. The van der Waals surface area contributed by atoms with E-state index in [1.165, 1.54) is 8.47 Å². The normalized spacial score (nSPS) is 10.2. The first-order chi connectivity index (χ1) is 9.09. The van der Waals surface area contributed by atoms with Crippen molar-refractivity contribution in [3.63, 3.8) is 0 Å². The number of hydrogen-bond acceptors (Lipinski definition) is 2. The standard InChI is InChI=1S/C14H20INO3/c1-16(14(17)18)10-4-2-3-5-11-19-13-8-6-12(15)7-9-13/h6-9H,2-5,10-11H2,1H3,(H,17,18). The molecule has 0 unspecified atom stereocenters. The summed E-state index contributed by atoms with van der Waals surface area (Å²) in [4.78, 5) is 11.9. The number of ether oxygens (including phenoxy) is 1. The predicted molar refractivity (Wildman–Crippen MR) is 83.8 cm³/mol. The second-order valence-corrected chi connectivity index (χ2v) is 5.67. The monoisotopic (exact) mass is 377 g/mol. The largest absolute Gasteiger partial charge is 0.494 e. The summed E-state index contributed by atoms with van der Waals surface area (Å²) in [5.41, 5.74) is 0. The van der Waals surface area contributed by atoms with Crippen LogP contribution in [0.25, 0.3) is 0 Å². The molecule has 0 saturated heterocycles. The SMILES string of the molecule is CN(CCCCCCOc1ccc(I)cc1)C(=O)O. The van der Waals surface area contributed by atoms with E-state index in [1.54, 1.807) is 7.05 Å². The lowest BCUT2D eigenvalue weighted by atomic mass is 10.2. The Morgan fingerprint density at radius 3 is 2.47 bits per heavy atom. The molecule has 1 aromatic rings. The highest BCUT2D eigenvalue weighted by atomic mass is 127. The molecule has 0 aromatic heterocycles. The molecule has 0 fully saturated rings. The maximum Gasteiger partial charge on any atom is 0.407 e. The Hall–Kier alpha value is -0.980. The van der Waals surface area contributed by atoms with Crippen LogP contribution in [0, 0.1) is 3.57 Å². The lowest BCUT2D eigenvalue weighted by Gasteiger charge is -2.12. The van der Waals surface area contributed by atoms with E-state index in [0.29, 0.717) is 6.54 Å². The van der Waals surface area contributed by atoms with Crippen molar-refractivity contribution in [2.24, 2.45) is 0 Å². The second kappa shape index (κ2) is 9.01. The van der Waals surface area contributed by atoms with E-state index in [0.717, 1.165) is 38.0 Å². The Kier molecular flexibility index (Phi) is 7.62. The van der Waals surface area contributed by atoms with Crippen molar-refractivity contribution in [1.82, 2.24) is 4.90 Å². The van der Waals surface area contributed by atoms with E-state index in [1.807, 2.05) is 24.3 Å². The molecule has 0 saturated carbocycles. The molecule has 19 heavy (non-hydrogen) atoms. The fourth-order valence-corrected chi connectivity index (χ4v) is 1.98. The van der Waals surface area contributed by atoms with Gasteiger partial charge in [-0.15, -0.1) is 0 Å². The summed E-state index contributed by atoms with van der Waals surface area (Å²) in [6.45, 7) is 1.32. The van der Waals surface area contributed by atoms with Crippen molar-refractivity contribution in [3.8, 4) is 5.75 Å². The average molecular weight is 377 g/mol. The highest BCUT2D eigenvalue weighted by Crippen LogP contribution is 2.14. The van der Waals surface area contributed by atoms with E-state index >= 15 is 0 Å². The Bertz CT molecular complexity index is 381. The number of rotatable bonds is 8. The summed E-state index contributed by atoms with van der Waals surface area (Å²) in [6, 6.07) is 8.00. The van der Waals surface area contributed by atoms with Gasteiger partial charge in [-0.1, -0.05) is 12.8 Å². The van der Waals surface area contributed by atoms with Gasteiger partial charge in [-0.25, -0.2) is 4.79 Å². The highest BCUT2D eigenvalue weighted by Gasteiger charge is 2.03. The molecule has 0 aliphatic carbocycles. The number of halogens is 1. The van der Waals surface area contributed by atoms with E-state index in [4.69, 9.17) is 9.84 Å². The molecule has 0 aliphatic rings. The van der Waals surface area contributed by atoms with Gasteiger partial charge >= 0.3 is 6.09 Å². The molecular weight excluding hydrogens is 357 g/mol. The van der Waals surface area contributed by atoms with Crippen molar-refractivity contribution >= 4 is 28.7 Å². The Balaban J connectivity index is 1.99. The van der Waals surface area contributed by atoms with Gasteiger partial charge in [0.05, 0.1) is 6.61 Å². The minimum absolute atomic E-state index is 0.604. The zero-order valence-electron chi connectivity index (χ0n) is 11.1. The first-order valence-electron chi connectivity index (χ1n) is 6.42. The van der Waals surface area contributed by atoms with Crippen molar-refractivity contribution in [1.29, 1.82) is 0 Å². The van der Waals surface area contributed by atoms with Gasteiger partial charge in [0.1, 0.15) is 5.75 Å². The Morgan fingerprint density at radius 1 is 1.21 bits per heavy atom. The summed E-state index contributed by atoms with van der Waals surface area (Å²) >= 11 is 2.27. The summed E-state index contributed by atoms with van der Waals surface area (Å²) in [5, 5.41) is 8.67. The smallest absolute Gasteiger partial charge is 0.407 e. The summed E-state index contributed by atoms with van der Waals surface area (Å²) in [7, 11) is 1.60. The minimum Gasteiger partial charge on any atom is -0.494 e. The third-order valence-electron chi connectivity index (χ3n) is 2.80. The van der Waals surface area contributed by atoms with Crippen molar-refractivity contribution in [2.75, 3.05) is 20.2 Å². The van der Waals surface area contributed by atoms with Gasteiger partial charge in [0.2, 0.25) is 0 Å². The van der Waals surface area contributed by atoms with Crippen molar-refractivity contribution in [2.45, 2.75) is 25.7 Å². The zero-order chi connectivity index (χ0) is 14.1. The summed E-state index contributed by atoms with van der Waals surface area (Å²) < 4.78 is 6.82. The number of nitrogens with zero attached hydrogens (tertiary/aromatic N) is 1. The van der Waals surface area contributed by atoms with Crippen LogP contribution in [-0.2, 0) is 0 Å². The Labute approximate surface area is 127 Å². The minimum atomic E-state index is -0.859. The zero-order valence-corrected chi connectivity index (χ0v) is 13.3. The molecule has 1 rings (SSSR count). The molecule has 5 heteroatoms. The van der Waals surface area contributed by atoms with Gasteiger partial charge in [0.25, 0.3) is 0 Å². The van der Waals surface area contributed by atoms with Crippen LogP contribution in [0.4, 0.5) is 4.79 Å². The van der Waals surface area contributed by atoms with Crippen LogP contribution in [0.5, 0.6) is 5.75 Å². The fourth-order valence-electron chi connectivity index (χ4n) is 1.62. The quantitative estimate of drug-likeness (QED) is 0.553. The fraction of sp³-hybridized carbons (Fsp3) is 0.500. The second-order valence-electron chi connectivity index (χ2n) is 4.42. The number of unbranched alkanes of at least 4 members (excludes halogenated alkanes) is 3. The van der Waals surface area contributed by atoms with Crippen molar-refractivity contribution < 1.29 is 14.6 Å². The molecule has 0 atom stereocenters. The number of benzene rings is 1. The molecule has 1 aromatic carbocycles. The molecular formula is C14H20INO3. The van der Waals surface area contributed by atoms with Crippen LogP contribution in [-0.4, -0.2) is 36.3 Å². The number of carboxylic acid groups (broad SMARTS) is 1. The average Bonchev–Trinajstić information content (AvgIpc) is 2.39. The van der Waals surface area contributed by atoms with Crippen LogP contribution in [0.15, 0.2) is 24.3 Å². The van der Waals surface area contributed by atoms with Gasteiger partial charge < -0.3 is 14.7 Å². The first kappa shape index (κ1) is 16.1. The number of hydrogen-bond donors (Lipinski definition) is 1. The third-order valence-corrected chi connectivity index (χ3v) is 3.52. The van der Waals surface area contributed by atoms with Crippen LogP contribution >= 0.6 is 22.6 Å². The number of carbonyl (C=O) groups is 1. The predicted octanol–water partition coefficient (Wildman–Crippen LogP) is 3.84. The molecule has 0 aliphatic heterocycles. The maximum absolute atomic E-state index is 10.6. The molecule has 4 nitrogen and oxygen atoms in total. The third kappa shape index (κ3) is 7.25. The molecule has 0 bridgehead atoms. The van der Waals surface area contributed by atoms with Gasteiger partial charge in [-0.3, -0.25) is 0 Å². The lowest BCUT2D eigenvalue weighted by molar-refractivity contribution is 0.155. The molecule has 0 radical (unpaired) electrons. The van der Waals surface area contributed by atoms with Crippen LogP contribution in [0.2, 0.25) is 0 Å². The van der Waals surface area contributed by atoms with Gasteiger partial charge in [0, 0.05) is 17.2 Å². The summed E-state index contributed by atoms with van der Waals surface area (Å²) in [5.74, 6) is 0.908. The van der Waals surface area contributed by atoms with Gasteiger partial charge in [0.15, 0.2) is 0 Å². The van der Waals surface area contributed by atoms with E-state index in [2.05, 4.69) is 22.6 Å². The maximum atomic E-state index is 10.6. The van der Waals surface area contributed by atoms with Gasteiger partial charge in [-0.05, 0) is 59.7 Å². The van der Waals surface area contributed by atoms with Crippen LogP contribution < -0.4 is 4.74 Å². The Morgan fingerprint density at radius 2 is 1.84 bits per heavy atom. The molecule has 0 spiro atoms. The lowest BCUT2D eigenvalue weighted by Crippen LogP contribution is -2.25. The van der Waals surface area contributed by atoms with Crippen LogP contribution in [0.3, 0.4) is 0 Å². The molecule has 1 N–H and O–H groups in total.